The zero-order valence-electron chi connectivity index (χ0n) is 19.8. The first kappa shape index (κ1) is 23.4. The Morgan fingerprint density at radius 3 is 2.20 bits per heavy atom. The van der Waals surface area contributed by atoms with Gasteiger partial charge < -0.3 is 20.5 Å². The summed E-state index contributed by atoms with van der Waals surface area (Å²) in [5, 5.41) is 15.2. The van der Waals surface area contributed by atoms with E-state index >= 15 is 0 Å². The molecule has 3 aliphatic carbocycles. The molecule has 3 aliphatic rings. The SMILES string of the molecule is O=C(CC1(NC(=O)OCC2c3ccccc3-c3ccccc32)CCC1)NC[C@H]1CCC[C@H]1C(=O)O. The van der Waals surface area contributed by atoms with Crippen LogP contribution in [0.5, 0.6) is 0 Å². The van der Waals surface area contributed by atoms with Gasteiger partial charge in [0.15, 0.2) is 0 Å². The molecule has 184 valence electrons. The third-order valence-electron chi connectivity index (χ3n) is 8.06. The highest BCUT2D eigenvalue weighted by Gasteiger charge is 2.41. The van der Waals surface area contributed by atoms with Gasteiger partial charge in [-0.3, -0.25) is 9.59 Å². The number of alkyl carbamates (subject to hydrolysis) is 1. The number of nitrogens with one attached hydrogen (secondary N) is 2. The molecule has 0 radical (unpaired) electrons. The summed E-state index contributed by atoms with van der Waals surface area (Å²) in [4.78, 5) is 36.8. The first-order valence-corrected chi connectivity index (χ1v) is 12.6. The van der Waals surface area contributed by atoms with Gasteiger partial charge >= 0.3 is 12.1 Å². The van der Waals surface area contributed by atoms with Crippen LogP contribution in [0.25, 0.3) is 11.1 Å². The van der Waals surface area contributed by atoms with Crippen LogP contribution >= 0.6 is 0 Å². The molecule has 0 bridgehead atoms. The lowest BCUT2D eigenvalue weighted by molar-refractivity contribution is -0.143. The Kier molecular flexibility index (Phi) is 6.50. The second kappa shape index (κ2) is 9.72. The van der Waals surface area contributed by atoms with E-state index in [0.29, 0.717) is 13.0 Å². The van der Waals surface area contributed by atoms with Gasteiger partial charge in [-0.25, -0.2) is 4.79 Å². The molecule has 2 fully saturated rings. The average molecular weight is 477 g/mol. The maximum Gasteiger partial charge on any atom is 0.407 e. The van der Waals surface area contributed by atoms with Crippen molar-refractivity contribution >= 4 is 18.0 Å². The third-order valence-corrected chi connectivity index (χ3v) is 8.06. The molecule has 0 spiro atoms. The lowest BCUT2D eigenvalue weighted by Gasteiger charge is -2.41. The van der Waals surface area contributed by atoms with Crippen LogP contribution in [0.15, 0.2) is 48.5 Å². The fourth-order valence-corrected chi connectivity index (χ4v) is 6.02. The molecule has 2 aromatic carbocycles. The Morgan fingerprint density at radius 2 is 1.60 bits per heavy atom. The van der Waals surface area contributed by atoms with Crippen LogP contribution in [0, 0.1) is 11.8 Å². The van der Waals surface area contributed by atoms with E-state index < -0.39 is 17.6 Å². The normalized spacial score (nSPS) is 21.9. The highest BCUT2D eigenvalue weighted by Crippen LogP contribution is 2.44. The van der Waals surface area contributed by atoms with Gasteiger partial charge in [0, 0.05) is 18.9 Å². The van der Waals surface area contributed by atoms with Crippen molar-refractivity contribution in [2.24, 2.45) is 11.8 Å². The monoisotopic (exact) mass is 476 g/mol. The number of carboxylic acids is 1. The van der Waals surface area contributed by atoms with Crippen LogP contribution in [-0.2, 0) is 14.3 Å². The standard InChI is InChI=1S/C28H32N2O5/c31-25(29-16-18-7-5-12-19(18)26(32)33)15-28(13-6-14-28)30-27(34)35-17-24-22-10-3-1-8-20(22)21-9-2-4-11-23(21)24/h1-4,8-11,18-19,24H,5-7,12-17H2,(H,29,31)(H,30,34)(H,32,33)/t18-,19-/m1/s1. The number of hydrogen-bond acceptors (Lipinski definition) is 4. The van der Waals surface area contributed by atoms with Crippen molar-refractivity contribution in [3.8, 4) is 11.1 Å². The van der Waals surface area contributed by atoms with E-state index in [-0.39, 0.29) is 36.7 Å². The zero-order chi connectivity index (χ0) is 24.4. The first-order chi connectivity index (χ1) is 17.0. The molecule has 2 amide bonds. The van der Waals surface area contributed by atoms with Gasteiger partial charge in [-0.2, -0.15) is 0 Å². The minimum absolute atomic E-state index is 0.0117. The number of amides is 2. The molecular weight excluding hydrogens is 444 g/mol. The topological polar surface area (TPSA) is 105 Å². The summed E-state index contributed by atoms with van der Waals surface area (Å²) in [5.41, 5.74) is 4.08. The Labute approximate surface area is 205 Å². The van der Waals surface area contributed by atoms with Crippen molar-refractivity contribution in [1.82, 2.24) is 10.6 Å². The number of ether oxygens (including phenoxy) is 1. The lowest BCUT2D eigenvalue weighted by Crippen LogP contribution is -2.56. The molecule has 0 saturated heterocycles. The van der Waals surface area contributed by atoms with E-state index in [9.17, 15) is 19.5 Å². The summed E-state index contributed by atoms with van der Waals surface area (Å²) >= 11 is 0. The zero-order valence-corrected chi connectivity index (χ0v) is 19.8. The van der Waals surface area contributed by atoms with Crippen molar-refractivity contribution in [1.29, 1.82) is 0 Å². The summed E-state index contributed by atoms with van der Waals surface area (Å²) in [6.07, 6.45) is 4.45. The van der Waals surface area contributed by atoms with Crippen LogP contribution in [0.1, 0.15) is 62.0 Å². The molecule has 0 unspecified atom stereocenters. The highest BCUT2D eigenvalue weighted by molar-refractivity contribution is 5.80. The maximum absolute atomic E-state index is 12.8. The second-order valence-corrected chi connectivity index (χ2v) is 10.2. The van der Waals surface area contributed by atoms with Gasteiger partial charge in [-0.05, 0) is 60.3 Å². The quantitative estimate of drug-likeness (QED) is 0.522. The van der Waals surface area contributed by atoms with E-state index in [1.54, 1.807) is 0 Å². The van der Waals surface area contributed by atoms with E-state index in [0.717, 1.165) is 43.2 Å². The first-order valence-electron chi connectivity index (χ1n) is 12.6. The number of fused-ring (bicyclic) bond motifs is 3. The summed E-state index contributed by atoms with van der Waals surface area (Å²) < 4.78 is 5.69. The average Bonchev–Trinajstić information content (AvgIpc) is 3.43. The molecule has 2 atom stereocenters. The van der Waals surface area contributed by atoms with E-state index in [1.807, 2.05) is 24.3 Å². The minimum atomic E-state index is -0.783. The molecule has 2 aromatic rings. The van der Waals surface area contributed by atoms with Crippen molar-refractivity contribution in [2.45, 2.75) is 56.4 Å². The number of aliphatic carboxylic acids is 1. The highest BCUT2D eigenvalue weighted by atomic mass is 16.5. The van der Waals surface area contributed by atoms with Crippen LogP contribution in [0.3, 0.4) is 0 Å². The van der Waals surface area contributed by atoms with E-state index in [4.69, 9.17) is 4.74 Å². The molecule has 0 heterocycles. The predicted octanol–water partition coefficient (Wildman–Crippen LogP) is 4.46. The minimum Gasteiger partial charge on any atom is -0.481 e. The van der Waals surface area contributed by atoms with Gasteiger partial charge in [0.2, 0.25) is 5.91 Å². The number of carbonyl (C=O) groups excluding carboxylic acids is 2. The van der Waals surface area contributed by atoms with Crippen LogP contribution in [-0.4, -0.2) is 41.8 Å². The molecule has 35 heavy (non-hydrogen) atoms. The molecule has 5 rings (SSSR count). The smallest absolute Gasteiger partial charge is 0.407 e. The van der Waals surface area contributed by atoms with Gasteiger partial charge in [-0.1, -0.05) is 55.0 Å². The molecular formula is C28H32N2O5. The second-order valence-electron chi connectivity index (χ2n) is 10.2. The number of carboxylic acid groups (broad SMARTS) is 1. The number of carbonyl (C=O) groups is 3. The van der Waals surface area contributed by atoms with Gasteiger partial charge in [0.25, 0.3) is 0 Å². The van der Waals surface area contributed by atoms with Crippen molar-refractivity contribution in [2.75, 3.05) is 13.2 Å². The van der Waals surface area contributed by atoms with Crippen molar-refractivity contribution in [3.63, 3.8) is 0 Å². The summed E-state index contributed by atoms with van der Waals surface area (Å²) in [5.74, 6) is -1.35. The van der Waals surface area contributed by atoms with Crippen LogP contribution < -0.4 is 10.6 Å². The summed E-state index contributed by atoms with van der Waals surface area (Å²) in [7, 11) is 0. The summed E-state index contributed by atoms with van der Waals surface area (Å²) in [6.45, 7) is 0.608. The molecule has 0 aromatic heterocycles. The van der Waals surface area contributed by atoms with Crippen molar-refractivity contribution < 1.29 is 24.2 Å². The van der Waals surface area contributed by atoms with Gasteiger partial charge in [-0.15, -0.1) is 0 Å². The Morgan fingerprint density at radius 1 is 0.943 bits per heavy atom. The largest absolute Gasteiger partial charge is 0.481 e. The Balaban J connectivity index is 1.15. The van der Waals surface area contributed by atoms with Gasteiger partial charge in [0.05, 0.1) is 11.5 Å². The maximum atomic E-state index is 12.8. The number of benzene rings is 2. The molecule has 0 aliphatic heterocycles. The number of rotatable bonds is 8. The van der Waals surface area contributed by atoms with E-state index in [1.165, 1.54) is 11.1 Å². The third kappa shape index (κ3) is 4.77. The summed E-state index contributed by atoms with van der Waals surface area (Å²) in [6, 6.07) is 16.4. The predicted molar refractivity (Wildman–Crippen MR) is 131 cm³/mol. The Bertz CT molecular complexity index is 1080. The fraction of sp³-hybridized carbons (Fsp3) is 0.464. The molecule has 7 heteroatoms. The lowest BCUT2D eigenvalue weighted by atomic mass is 9.74. The van der Waals surface area contributed by atoms with Crippen LogP contribution in [0.4, 0.5) is 4.79 Å². The Hall–Kier alpha value is -3.35. The number of hydrogen-bond donors (Lipinski definition) is 3. The van der Waals surface area contributed by atoms with Gasteiger partial charge in [0.1, 0.15) is 6.61 Å². The molecule has 3 N–H and O–H groups in total. The van der Waals surface area contributed by atoms with E-state index in [2.05, 4.69) is 34.9 Å². The molecule has 2 saturated carbocycles. The van der Waals surface area contributed by atoms with Crippen molar-refractivity contribution in [3.05, 3.63) is 59.7 Å². The van der Waals surface area contributed by atoms with Crippen LogP contribution in [0.2, 0.25) is 0 Å². The fourth-order valence-electron chi connectivity index (χ4n) is 6.02. The molecule has 7 nitrogen and oxygen atoms in total.